The monoisotopic (exact) mass is 388 g/mol. The molecule has 0 fully saturated rings. The van der Waals surface area contributed by atoms with Crippen LogP contribution in [0.2, 0.25) is 0 Å². The van der Waals surface area contributed by atoms with Gasteiger partial charge in [0, 0.05) is 11.1 Å². The second-order valence-electron chi connectivity index (χ2n) is 6.93. The van der Waals surface area contributed by atoms with Crippen LogP contribution in [0, 0.1) is 13.8 Å². The van der Waals surface area contributed by atoms with Crippen LogP contribution in [0.5, 0.6) is 0 Å². The molecule has 0 saturated heterocycles. The molecule has 3 N–H and O–H groups in total. The zero-order valence-electron chi connectivity index (χ0n) is 16.3. The fourth-order valence-corrected chi connectivity index (χ4v) is 3.58. The predicted molar refractivity (Wildman–Crippen MR) is 106 cm³/mol. The molecule has 0 aliphatic heterocycles. The summed E-state index contributed by atoms with van der Waals surface area (Å²) in [5.74, 6) is 1.17. The van der Waals surface area contributed by atoms with Crippen molar-refractivity contribution in [3.8, 4) is 0 Å². The number of benzene rings is 2. The van der Waals surface area contributed by atoms with Crippen molar-refractivity contribution < 1.29 is 13.2 Å². The molecule has 1 aromatic heterocycles. The van der Waals surface area contributed by atoms with Gasteiger partial charge in [-0.15, -0.1) is 0 Å². The second kappa shape index (κ2) is 7.30. The van der Waals surface area contributed by atoms with Crippen LogP contribution in [0.1, 0.15) is 48.0 Å². The number of rotatable bonds is 4. The molecule has 1 unspecified atom stereocenters. The highest BCUT2D eigenvalue weighted by Gasteiger charge is 2.33. The first-order chi connectivity index (χ1) is 13.1. The van der Waals surface area contributed by atoms with Crippen LogP contribution < -0.4 is 11.1 Å². The van der Waals surface area contributed by atoms with Crippen molar-refractivity contribution >= 4 is 22.4 Å². The SMILES string of the molecule is CCc1cc(N)cc2nc(C)nc(NC(C)c3cccc(C(F)(F)F)c3C)c12. The van der Waals surface area contributed by atoms with Gasteiger partial charge in [0.2, 0.25) is 0 Å². The van der Waals surface area contributed by atoms with E-state index in [0.29, 0.717) is 22.9 Å². The van der Waals surface area contributed by atoms with E-state index < -0.39 is 11.7 Å². The number of nitrogens with one attached hydrogen (secondary N) is 1. The van der Waals surface area contributed by atoms with Crippen LogP contribution in [0.15, 0.2) is 30.3 Å². The Hall–Kier alpha value is -2.83. The number of aryl methyl sites for hydroxylation is 2. The summed E-state index contributed by atoms with van der Waals surface area (Å²) in [4.78, 5) is 8.99. The zero-order valence-corrected chi connectivity index (χ0v) is 16.3. The summed E-state index contributed by atoms with van der Waals surface area (Å²) in [5, 5.41) is 4.14. The Bertz CT molecular complexity index is 1020. The molecule has 0 aliphatic carbocycles. The summed E-state index contributed by atoms with van der Waals surface area (Å²) in [6, 6.07) is 7.54. The van der Waals surface area contributed by atoms with E-state index in [2.05, 4.69) is 15.3 Å². The first-order valence-corrected chi connectivity index (χ1v) is 9.11. The average Bonchev–Trinajstić information content (AvgIpc) is 2.59. The van der Waals surface area contributed by atoms with Crippen LogP contribution in [0.25, 0.3) is 10.9 Å². The lowest BCUT2D eigenvalue weighted by Crippen LogP contribution is -2.15. The van der Waals surface area contributed by atoms with E-state index in [1.165, 1.54) is 13.0 Å². The smallest absolute Gasteiger partial charge is 0.399 e. The van der Waals surface area contributed by atoms with E-state index in [4.69, 9.17) is 5.73 Å². The van der Waals surface area contributed by atoms with Gasteiger partial charge in [0.15, 0.2) is 0 Å². The molecule has 1 atom stereocenters. The highest BCUT2D eigenvalue weighted by molar-refractivity contribution is 5.94. The number of nitrogens with zero attached hydrogens (tertiary/aromatic N) is 2. The number of aromatic nitrogens is 2. The van der Waals surface area contributed by atoms with E-state index in [-0.39, 0.29) is 11.6 Å². The molecule has 4 nitrogen and oxygen atoms in total. The summed E-state index contributed by atoms with van der Waals surface area (Å²) in [6.45, 7) is 7.12. The molecule has 1 heterocycles. The van der Waals surface area contributed by atoms with E-state index >= 15 is 0 Å². The molecule has 0 bridgehead atoms. The first kappa shape index (κ1) is 19.9. The fourth-order valence-electron chi connectivity index (χ4n) is 3.58. The van der Waals surface area contributed by atoms with Crippen molar-refractivity contribution in [2.24, 2.45) is 0 Å². The Kier molecular flexibility index (Phi) is 5.19. The van der Waals surface area contributed by atoms with Gasteiger partial charge in [-0.3, -0.25) is 0 Å². The van der Waals surface area contributed by atoms with E-state index in [1.54, 1.807) is 19.1 Å². The van der Waals surface area contributed by atoms with E-state index in [0.717, 1.165) is 29.0 Å². The third-order valence-electron chi connectivity index (χ3n) is 4.90. The zero-order chi connectivity index (χ0) is 20.6. The highest BCUT2D eigenvalue weighted by atomic mass is 19.4. The molecule has 0 aliphatic rings. The van der Waals surface area contributed by atoms with Crippen molar-refractivity contribution in [3.05, 3.63) is 58.4 Å². The lowest BCUT2D eigenvalue weighted by atomic mass is 9.97. The van der Waals surface area contributed by atoms with Gasteiger partial charge in [-0.05, 0) is 62.1 Å². The highest BCUT2D eigenvalue weighted by Crippen LogP contribution is 2.36. The van der Waals surface area contributed by atoms with Crippen molar-refractivity contribution in [1.29, 1.82) is 0 Å². The minimum atomic E-state index is -4.38. The molecule has 0 saturated carbocycles. The Morgan fingerprint density at radius 1 is 1.14 bits per heavy atom. The Labute approximate surface area is 162 Å². The molecule has 148 valence electrons. The number of hydrogen-bond acceptors (Lipinski definition) is 4. The van der Waals surface area contributed by atoms with Crippen molar-refractivity contribution in [2.45, 2.75) is 46.3 Å². The van der Waals surface area contributed by atoms with Crippen molar-refractivity contribution in [2.75, 3.05) is 11.1 Å². The third kappa shape index (κ3) is 3.74. The summed E-state index contributed by atoms with van der Waals surface area (Å²) < 4.78 is 39.8. The van der Waals surface area contributed by atoms with Gasteiger partial charge in [0.1, 0.15) is 11.6 Å². The molecular formula is C21H23F3N4. The largest absolute Gasteiger partial charge is 0.416 e. The van der Waals surface area contributed by atoms with E-state index in [1.807, 2.05) is 19.9 Å². The van der Waals surface area contributed by atoms with Gasteiger partial charge in [-0.1, -0.05) is 19.1 Å². The molecule has 2 aromatic carbocycles. The van der Waals surface area contributed by atoms with Gasteiger partial charge in [-0.2, -0.15) is 13.2 Å². The van der Waals surface area contributed by atoms with Crippen LogP contribution in [0.3, 0.4) is 0 Å². The number of nitrogen functional groups attached to an aromatic ring is 1. The molecule has 0 amide bonds. The molecule has 0 radical (unpaired) electrons. The average molecular weight is 388 g/mol. The Balaban J connectivity index is 2.09. The predicted octanol–water partition coefficient (Wildman–Crippen LogP) is 5.58. The number of alkyl halides is 3. The molecule has 7 heteroatoms. The third-order valence-corrected chi connectivity index (χ3v) is 4.90. The standard InChI is InChI=1S/C21H23F3N4/c1-5-14-9-15(25)10-18-19(14)20(28-13(4)27-18)26-12(3)16-7-6-8-17(11(16)2)21(22,23)24/h6-10,12H,5,25H2,1-4H3,(H,26,27,28). The summed E-state index contributed by atoms with van der Waals surface area (Å²) in [5.41, 5.74) is 8.49. The van der Waals surface area contributed by atoms with Crippen LogP contribution in [-0.2, 0) is 12.6 Å². The lowest BCUT2D eigenvalue weighted by Gasteiger charge is -2.22. The van der Waals surface area contributed by atoms with Gasteiger partial charge in [0.25, 0.3) is 0 Å². The normalized spacial score (nSPS) is 13.0. The maximum atomic E-state index is 13.3. The summed E-state index contributed by atoms with van der Waals surface area (Å²) in [7, 11) is 0. The molecule has 28 heavy (non-hydrogen) atoms. The molecule has 3 aromatic rings. The van der Waals surface area contributed by atoms with Crippen LogP contribution in [0.4, 0.5) is 24.7 Å². The van der Waals surface area contributed by atoms with Gasteiger partial charge < -0.3 is 11.1 Å². The van der Waals surface area contributed by atoms with Gasteiger partial charge in [0.05, 0.1) is 17.1 Å². The van der Waals surface area contributed by atoms with Crippen LogP contribution >= 0.6 is 0 Å². The Morgan fingerprint density at radius 3 is 2.50 bits per heavy atom. The van der Waals surface area contributed by atoms with Crippen molar-refractivity contribution in [1.82, 2.24) is 9.97 Å². The first-order valence-electron chi connectivity index (χ1n) is 9.11. The minimum Gasteiger partial charge on any atom is -0.399 e. The number of nitrogens with two attached hydrogens (primary N) is 1. The summed E-state index contributed by atoms with van der Waals surface area (Å²) >= 11 is 0. The maximum absolute atomic E-state index is 13.3. The fraction of sp³-hybridized carbons (Fsp3) is 0.333. The molecule has 3 rings (SSSR count). The Morgan fingerprint density at radius 2 is 1.86 bits per heavy atom. The minimum absolute atomic E-state index is 0.213. The van der Waals surface area contributed by atoms with Crippen LogP contribution in [-0.4, -0.2) is 9.97 Å². The second-order valence-corrected chi connectivity index (χ2v) is 6.93. The van der Waals surface area contributed by atoms with Crippen molar-refractivity contribution in [3.63, 3.8) is 0 Å². The lowest BCUT2D eigenvalue weighted by molar-refractivity contribution is -0.138. The quantitative estimate of drug-likeness (QED) is 0.573. The van der Waals surface area contributed by atoms with E-state index in [9.17, 15) is 13.2 Å². The topological polar surface area (TPSA) is 63.8 Å². The number of hydrogen-bond donors (Lipinski definition) is 2. The number of halogens is 3. The molecule has 0 spiro atoms. The van der Waals surface area contributed by atoms with Gasteiger partial charge in [-0.25, -0.2) is 9.97 Å². The molecular weight excluding hydrogens is 365 g/mol. The number of fused-ring (bicyclic) bond motifs is 1. The number of anilines is 2. The maximum Gasteiger partial charge on any atom is 0.416 e. The van der Waals surface area contributed by atoms with Gasteiger partial charge >= 0.3 is 6.18 Å². The summed E-state index contributed by atoms with van der Waals surface area (Å²) in [6.07, 6.45) is -3.65.